The fourth-order valence-electron chi connectivity index (χ4n) is 3.33. The molecule has 2 aromatic carbocycles. The zero-order valence-electron chi connectivity index (χ0n) is 14.7. The first-order valence-electron chi connectivity index (χ1n) is 8.90. The summed E-state index contributed by atoms with van der Waals surface area (Å²) in [6.45, 7) is 6.40. The van der Waals surface area contributed by atoms with E-state index in [4.69, 9.17) is 0 Å². The predicted octanol–water partition coefficient (Wildman–Crippen LogP) is 3.41. The maximum atomic E-state index is 13.2. The standard InChI is InChI=1S/C21H25FN2O/c1-17-4-2-6-19(14-17)16-23-10-12-24(13-11-23)21(25)9-8-18-5-3-7-20(22)15-18/h2-7,14-15H,8-13,16H2,1H3. The van der Waals surface area contributed by atoms with Crippen molar-refractivity contribution in [2.45, 2.75) is 26.3 Å². The molecule has 1 heterocycles. The summed E-state index contributed by atoms with van der Waals surface area (Å²) >= 11 is 0. The number of hydrogen-bond donors (Lipinski definition) is 0. The van der Waals surface area contributed by atoms with E-state index in [1.807, 2.05) is 11.0 Å². The molecule has 0 bridgehead atoms. The summed E-state index contributed by atoms with van der Waals surface area (Å²) in [5.74, 6) is -0.0748. The molecule has 1 fully saturated rings. The summed E-state index contributed by atoms with van der Waals surface area (Å²) < 4.78 is 13.2. The van der Waals surface area contributed by atoms with Crippen LogP contribution in [0.1, 0.15) is 23.1 Å². The van der Waals surface area contributed by atoms with Gasteiger partial charge in [-0.05, 0) is 36.6 Å². The number of benzene rings is 2. The van der Waals surface area contributed by atoms with E-state index < -0.39 is 0 Å². The van der Waals surface area contributed by atoms with Crippen molar-refractivity contribution in [2.75, 3.05) is 26.2 Å². The Labute approximate surface area is 149 Å². The van der Waals surface area contributed by atoms with Crippen LogP contribution in [0.3, 0.4) is 0 Å². The molecule has 3 nitrogen and oxygen atoms in total. The normalized spacial score (nSPS) is 15.4. The minimum atomic E-state index is -0.241. The number of halogens is 1. The van der Waals surface area contributed by atoms with E-state index in [0.717, 1.165) is 38.3 Å². The van der Waals surface area contributed by atoms with Crippen molar-refractivity contribution in [2.24, 2.45) is 0 Å². The Balaban J connectivity index is 1.44. The van der Waals surface area contributed by atoms with Crippen LogP contribution in [-0.4, -0.2) is 41.9 Å². The Morgan fingerprint density at radius 3 is 2.44 bits per heavy atom. The average molecular weight is 340 g/mol. The molecule has 0 saturated carbocycles. The molecule has 0 radical (unpaired) electrons. The Hall–Kier alpha value is -2.20. The second-order valence-electron chi connectivity index (χ2n) is 6.78. The fraction of sp³-hybridized carbons (Fsp3) is 0.381. The minimum absolute atomic E-state index is 0.166. The topological polar surface area (TPSA) is 23.6 Å². The Kier molecular flexibility index (Phi) is 5.82. The summed E-state index contributed by atoms with van der Waals surface area (Å²) in [5, 5.41) is 0. The van der Waals surface area contributed by atoms with Gasteiger partial charge in [0.25, 0.3) is 0 Å². The molecule has 0 aromatic heterocycles. The van der Waals surface area contributed by atoms with Gasteiger partial charge in [0.1, 0.15) is 5.82 Å². The van der Waals surface area contributed by atoms with Gasteiger partial charge in [-0.25, -0.2) is 4.39 Å². The van der Waals surface area contributed by atoms with Crippen LogP contribution in [0.5, 0.6) is 0 Å². The van der Waals surface area contributed by atoms with Gasteiger partial charge in [-0.2, -0.15) is 0 Å². The van der Waals surface area contributed by atoms with Crippen LogP contribution < -0.4 is 0 Å². The second kappa shape index (κ2) is 8.26. The third-order valence-corrected chi connectivity index (χ3v) is 4.73. The van der Waals surface area contributed by atoms with Crippen molar-refractivity contribution in [1.82, 2.24) is 9.80 Å². The highest BCUT2D eigenvalue weighted by atomic mass is 19.1. The molecule has 2 aromatic rings. The molecule has 1 amide bonds. The molecular weight excluding hydrogens is 315 g/mol. The SMILES string of the molecule is Cc1cccc(CN2CCN(C(=O)CCc3cccc(F)c3)CC2)c1. The molecule has 0 aliphatic carbocycles. The highest BCUT2D eigenvalue weighted by Gasteiger charge is 2.20. The van der Waals surface area contributed by atoms with Crippen molar-refractivity contribution < 1.29 is 9.18 Å². The van der Waals surface area contributed by atoms with Crippen LogP contribution in [0.15, 0.2) is 48.5 Å². The number of carbonyl (C=O) groups excluding carboxylic acids is 1. The summed E-state index contributed by atoms with van der Waals surface area (Å²) in [7, 11) is 0. The third kappa shape index (κ3) is 5.13. The predicted molar refractivity (Wildman–Crippen MR) is 97.8 cm³/mol. The molecule has 0 N–H and O–H groups in total. The number of amides is 1. The van der Waals surface area contributed by atoms with E-state index in [1.54, 1.807) is 6.07 Å². The molecule has 132 valence electrons. The third-order valence-electron chi connectivity index (χ3n) is 4.73. The fourth-order valence-corrected chi connectivity index (χ4v) is 3.33. The molecule has 0 unspecified atom stereocenters. The summed E-state index contributed by atoms with van der Waals surface area (Å²) in [5.41, 5.74) is 3.49. The highest BCUT2D eigenvalue weighted by Crippen LogP contribution is 2.12. The van der Waals surface area contributed by atoms with Crippen LogP contribution in [0.2, 0.25) is 0 Å². The Morgan fingerprint density at radius 2 is 1.72 bits per heavy atom. The molecule has 0 atom stereocenters. The molecule has 25 heavy (non-hydrogen) atoms. The first kappa shape index (κ1) is 17.6. The molecule has 3 rings (SSSR count). The maximum Gasteiger partial charge on any atom is 0.222 e. The van der Waals surface area contributed by atoms with Crippen LogP contribution in [0, 0.1) is 12.7 Å². The zero-order chi connectivity index (χ0) is 17.6. The van der Waals surface area contributed by atoms with Crippen LogP contribution in [0.4, 0.5) is 4.39 Å². The lowest BCUT2D eigenvalue weighted by atomic mass is 10.1. The number of nitrogens with zero attached hydrogens (tertiary/aromatic N) is 2. The Bertz CT molecular complexity index is 723. The lowest BCUT2D eigenvalue weighted by Gasteiger charge is -2.35. The lowest BCUT2D eigenvalue weighted by Crippen LogP contribution is -2.48. The average Bonchev–Trinajstić information content (AvgIpc) is 2.60. The Morgan fingerprint density at radius 1 is 1.00 bits per heavy atom. The molecular formula is C21H25FN2O. The second-order valence-corrected chi connectivity index (χ2v) is 6.78. The number of aryl methyl sites for hydroxylation is 2. The number of piperazine rings is 1. The van der Waals surface area contributed by atoms with Crippen LogP contribution >= 0.6 is 0 Å². The van der Waals surface area contributed by atoms with E-state index in [9.17, 15) is 9.18 Å². The van der Waals surface area contributed by atoms with Gasteiger partial charge in [0, 0.05) is 39.1 Å². The first-order chi connectivity index (χ1) is 12.1. The number of rotatable bonds is 5. The summed E-state index contributed by atoms with van der Waals surface area (Å²) in [6.07, 6.45) is 1.04. The van der Waals surface area contributed by atoms with Gasteiger partial charge in [-0.1, -0.05) is 42.0 Å². The van der Waals surface area contributed by atoms with Crippen molar-refractivity contribution in [1.29, 1.82) is 0 Å². The minimum Gasteiger partial charge on any atom is -0.340 e. The maximum absolute atomic E-state index is 13.2. The van der Waals surface area contributed by atoms with Gasteiger partial charge in [-0.15, -0.1) is 0 Å². The largest absolute Gasteiger partial charge is 0.340 e. The lowest BCUT2D eigenvalue weighted by molar-refractivity contribution is -0.133. The summed E-state index contributed by atoms with van der Waals surface area (Å²) in [4.78, 5) is 16.7. The van der Waals surface area contributed by atoms with E-state index in [0.29, 0.717) is 12.8 Å². The molecule has 4 heteroatoms. The van der Waals surface area contributed by atoms with E-state index >= 15 is 0 Å². The van der Waals surface area contributed by atoms with Gasteiger partial charge >= 0.3 is 0 Å². The van der Waals surface area contributed by atoms with E-state index in [2.05, 4.69) is 36.1 Å². The van der Waals surface area contributed by atoms with E-state index in [1.165, 1.54) is 23.3 Å². The first-order valence-corrected chi connectivity index (χ1v) is 8.90. The van der Waals surface area contributed by atoms with Crippen molar-refractivity contribution in [3.8, 4) is 0 Å². The smallest absolute Gasteiger partial charge is 0.222 e. The quantitative estimate of drug-likeness (QED) is 0.833. The number of hydrogen-bond acceptors (Lipinski definition) is 2. The monoisotopic (exact) mass is 340 g/mol. The molecule has 1 aliphatic heterocycles. The van der Waals surface area contributed by atoms with Gasteiger partial charge in [0.15, 0.2) is 0 Å². The van der Waals surface area contributed by atoms with E-state index in [-0.39, 0.29) is 11.7 Å². The van der Waals surface area contributed by atoms with Crippen molar-refractivity contribution in [3.05, 3.63) is 71.0 Å². The zero-order valence-corrected chi connectivity index (χ0v) is 14.7. The van der Waals surface area contributed by atoms with Crippen LogP contribution in [-0.2, 0) is 17.8 Å². The summed E-state index contributed by atoms with van der Waals surface area (Å²) in [6, 6.07) is 15.1. The van der Waals surface area contributed by atoms with Gasteiger partial charge in [-0.3, -0.25) is 9.69 Å². The van der Waals surface area contributed by atoms with Gasteiger partial charge in [0.05, 0.1) is 0 Å². The number of carbonyl (C=O) groups is 1. The van der Waals surface area contributed by atoms with Gasteiger partial charge in [0.2, 0.25) is 5.91 Å². The molecule has 0 spiro atoms. The van der Waals surface area contributed by atoms with Gasteiger partial charge < -0.3 is 4.90 Å². The van der Waals surface area contributed by atoms with Crippen LogP contribution in [0.25, 0.3) is 0 Å². The van der Waals surface area contributed by atoms with Crippen molar-refractivity contribution >= 4 is 5.91 Å². The molecule has 1 saturated heterocycles. The highest BCUT2D eigenvalue weighted by molar-refractivity contribution is 5.76. The molecule has 1 aliphatic rings. The van der Waals surface area contributed by atoms with Crippen molar-refractivity contribution in [3.63, 3.8) is 0 Å².